The molecule has 0 spiro atoms. The molecule has 0 heterocycles. The van der Waals surface area contributed by atoms with E-state index in [1.807, 2.05) is 0 Å². The van der Waals surface area contributed by atoms with Gasteiger partial charge in [-0.1, -0.05) is 39.2 Å². The standard InChI is InChI=1S/C10H15.C9H7.2BrH.Zr/c1-7-6-10(4,5)9(3)8(7)2;1-2-5-9-7-3-6-8(9)4-1;;;/h1-5H3;1-7H;2*1H;/q2*-1;;;+4/p-2. The molecule has 0 aliphatic heterocycles. The molecule has 0 atom stereocenters. The summed E-state index contributed by atoms with van der Waals surface area (Å²) in [6.07, 6.45) is 3.44. The van der Waals surface area contributed by atoms with Crippen LogP contribution in [0.3, 0.4) is 0 Å². The summed E-state index contributed by atoms with van der Waals surface area (Å²) < 4.78 is 0. The Labute approximate surface area is 175 Å². The number of hydrogen-bond donors (Lipinski definition) is 0. The average Bonchev–Trinajstić information content (AvgIpc) is 2.90. The van der Waals surface area contributed by atoms with Crippen LogP contribution in [-0.4, -0.2) is 0 Å². The van der Waals surface area contributed by atoms with Gasteiger partial charge in [0.15, 0.2) is 0 Å². The van der Waals surface area contributed by atoms with Gasteiger partial charge in [-0.2, -0.15) is 28.7 Å². The van der Waals surface area contributed by atoms with Crippen LogP contribution >= 0.6 is 0 Å². The molecule has 0 nitrogen and oxygen atoms in total. The first-order chi connectivity index (χ1) is 8.92. The molecule has 116 valence electrons. The summed E-state index contributed by atoms with van der Waals surface area (Å²) in [5.41, 5.74) is 4.39. The average molecular weight is 501 g/mol. The molecular weight excluding hydrogens is 479 g/mol. The van der Waals surface area contributed by atoms with Gasteiger partial charge in [-0.25, -0.2) is 5.57 Å². The van der Waals surface area contributed by atoms with Gasteiger partial charge in [-0.3, -0.25) is 6.08 Å². The van der Waals surface area contributed by atoms with Gasteiger partial charge in [0.2, 0.25) is 0 Å². The van der Waals surface area contributed by atoms with Crippen LogP contribution in [0.15, 0.2) is 59.2 Å². The summed E-state index contributed by atoms with van der Waals surface area (Å²) >= 11 is 0. The molecule has 22 heavy (non-hydrogen) atoms. The zero-order valence-corrected chi connectivity index (χ0v) is 19.4. The third-order valence-corrected chi connectivity index (χ3v) is 4.11. The second-order valence-corrected chi connectivity index (χ2v) is 5.78. The van der Waals surface area contributed by atoms with Crippen molar-refractivity contribution in [3.63, 3.8) is 0 Å². The third kappa shape index (κ3) is 5.66. The Kier molecular flexibility index (Phi) is 11.2. The maximum absolute atomic E-state index is 3.44. The minimum absolute atomic E-state index is 0. The van der Waals surface area contributed by atoms with Crippen LogP contribution in [0.2, 0.25) is 0 Å². The molecule has 2 aromatic carbocycles. The second kappa shape index (κ2) is 10.1. The van der Waals surface area contributed by atoms with Gasteiger partial charge in [-0.05, 0) is 0 Å². The van der Waals surface area contributed by atoms with Crippen molar-refractivity contribution >= 4 is 10.8 Å². The van der Waals surface area contributed by atoms with Gasteiger partial charge in [0.25, 0.3) is 0 Å². The molecule has 0 saturated carbocycles. The first-order valence-corrected chi connectivity index (χ1v) is 6.82. The van der Waals surface area contributed by atoms with E-state index in [4.69, 9.17) is 0 Å². The summed E-state index contributed by atoms with van der Waals surface area (Å²) in [7, 11) is 0. The Morgan fingerprint density at radius 2 is 1.55 bits per heavy atom. The van der Waals surface area contributed by atoms with Crippen LogP contribution in [-0.2, 0) is 26.2 Å². The molecule has 3 rings (SSSR count). The number of hydrogen-bond acceptors (Lipinski definition) is 0. The minimum Gasteiger partial charge on any atom is -1.00 e. The molecule has 0 fully saturated rings. The molecule has 0 saturated heterocycles. The van der Waals surface area contributed by atoms with Crippen molar-refractivity contribution in [1.82, 2.24) is 0 Å². The molecule has 0 N–H and O–H groups in total. The zero-order chi connectivity index (χ0) is 14.0. The zero-order valence-electron chi connectivity index (χ0n) is 13.8. The fourth-order valence-corrected chi connectivity index (χ4v) is 2.48. The molecule has 0 radical (unpaired) electrons. The van der Waals surface area contributed by atoms with Gasteiger partial charge in [0, 0.05) is 0 Å². The Balaban J connectivity index is 0. The Bertz CT molecular complexity index is 618. The topological polar surface area (TPSA) is 0 Å². The smallest absolute Gasteiger partial charge is 1.00 e. The summed E-state index contributed by atoms with van der Waals surface area (Å²) in [5, 5.41) is 2.66. The van der Waals surface area contributed by atoms with E-state index < -0.39 is 0 Å². The van der Waals surface area contributed by atoms with Crippen LogP contribution in [0.5, 0.6) is 0 Å². The van der Waals surface area contributed by atoms with Crippen molar-refractivity contribution < 1.29 is 60.2 Å². The summed E-state index contributed by atoms with van der Waals surface area (Å²) in [6.45, 7) is 10.9. The van der Waals surface area contributed by atoms with Crippen LogP contribution in [0, 0.1) is 11.5 Å². The molecule has 3 heteroatoms. The monoisotopic (exact) mass is 498 g/mol. The van der Waals surface area contributed by atoms with Crippen molar-refractivity contribution in [3.05, 3.63) is 65.3 Å². The Morgan fingerprint density at radius 1 is 0.955 bits per heavy atom. The van der Waals surface area contributed by atoms with E-state index >= 15 is 0 Å². The van der Waals surface area contributed by atoms with Crippen molar-refractivity contribution in [2.45, 2.75) is 34.6 Å². The van der Waals surface area contributed by atoms with E-state index in [2.05, 4.69) is 83.2 Å². The maximum atomic E-state index is 3.44. The molecule has 1 aliphatic rings. The Morgan fingerprint density at radius 3 is 1.95 bits per heavy atom. The molecule has 0 amide bonds. The Hall–Kier alpha value is 0.153. The number of halogens is 2. The summed E-state index contributed by atoms with van der Waals surface area (Å²) in [5.74, 6) is 0. The first-order valence-electron chi connectivity index (χ1n) is 6.82. The van der Waals surface area contributed by atoms with E-state index in [0.29, 0.717) is 0 Å². The maximum Gasteiger partial charge on any atom is 4.00 e. The van der Waals surface area contributed by atoms with Crippen molar-refractivity contribution in [3.8, 4) is 0 Å². The molecule has 0 unspecified atom stereocenters. The molecule has 1 aliphatic carbocycles. The van der Waals surface area contributed by atoms with Crippen molar-refractivity contribution in [2.75, 3.05) is 0 Å². The molecule has 2 aromatic rings. The number of fused-ring (bicyclic) bond motifs is 1. The van der Waals surface area contributed by atoms with Crippen molar-refractivity contribution in [2.24, 2.45) is 5.41 Å². The van der Waals surface area contributed by atoms with E-state index in [-0.39, 0.29) is 65.6 Å². The minimum atomic E-state index is 0. The third-order valence-electron chi connectivity index (χ3n) is 4.11. The SMILES string of the molecule is CC1=[C-]C(C)(C)C(C)=C1C.[Br-].[Br-].[Zr+4].c1ccc2[cH-]ccc2c1. The fraction of sp³-hybridized carbons (Fsp3) is 0.316. The van der Waals surface area contributed by atoms with Crippen molar-refractivity contribution in [1.29, 1.82) is 0 Å². The quantitative estimate of drug-likeness (QED) is 0.435. The fourth-order valence-electron chi connectivity index (χ4n) is 2.48. The summed E-state index contributed by atoms with van der Waals surface area (Å²) in [6, 6.07) is 14.7. The van der Waals surface area contributed by atoms with Gasteiger partial charge in [-0.15, -0.1) is 36.6 Å². The van der Waals surface area contributed by atoms with E-state index in [1.54, 1.807) is 0 Å². The molecule has 0 aromatic heterocycles. The molecule has 0 bridgehead atoms. The van der Waals surface area contributed by atoms with Gasteiger partial charge in [0.1, 0.15) is 0 Å². The number of rotatable bonds is 0. The van der Waals surface area contributed by atoms with Gasteiger partial charge >= 0.3 is 26.2 Å². The number of allylic oxidation sites excluding steroid dienone is 4. The van der Waals surface area contributed by atoms with E-state index in [9.17, 15) is 0 Å². The van der Waals surface area contributed by atoms with Crippen LogP contribution in [0.4, 0.5) is 0 Å². The molecular formula is C19H22Br2Zr. The normalized spacial score (nSPS) is 14.9. The van der Waals surface area contributed by atoms with Gasteiger partial charge < -0.3 is 34.0 Å². The predicted octanol–water partition coefficient (Wildman–Crippen LogP) is -0.324. The largest absolute Gasteiger partial charge is 4.00 e. The first kappa shape index (κ1) is 24.4. The summed E-state index contributed by atoms with van der Waals surface area (Å²) in [4.78, 5) is 0. The predicted molar refractivity (Wildman–Crippen MR) is 84.1 cm³/mol. The van der Waals surface area contributed by atoms with Gasteiger partial charge in [0.05, 0.1) is 0 Å². The van der Waals surface area contributed by atoms with Crippen LogP contribution < -0.4 is 34.0 Å². The van der Waals surface area contributed by atoms with E-state index in [1.165, 1.54) is 27.5 Å². The second-order valence-electron chi connectivity index (χ2n) is 5.78. The van der Waals surface area contributed by atoms with Crippen LogP contribution in [0.1, 0.15) is 34.6 Å². The van der Waals surface area contributed by atoms with E-state index in [0.717, 1.165) is 0 Å². The van der Waals surface area contributed by atoms with Crippen LogP contribution in [0.25, 0.3) is 10.8 Å². The number of benzene rings is 1.